The van der Waals surface area contributed by atoms with Crippen LogP contribution in [0.2, 0.25) is 0 Å². The normalized spacial score (nSPS) is 20.4. The molecule has 1 unspecified atom stereocenters. The van der Waals surface area contributed by atoms with Gasteiger partial charge in [-0.15, -0.1) is 0 Å². The highest BCUT2D eigenvalue weighted by Gasteiger charge is 2.32. The Bertz CT molecular complexity index is 292. The molecule has 1 rings (SSSR count). The van der Waals surface area contributed by atoms with Crippen LogP contribution in [0.1, 0.15) is 33.1 Å². The summed E-state index contributed by atoms with van der Waals surface area (Å²) in [4.78, 5) is 25.4. The first-order chi connectivity index (χ1) is 8.54. The van der Waals surface area contributed by atoms with Crippen molar-refractivity contribution in [2.45, 2.75) is 39.2 Å². The van der Waals surface area contributed by atoms with Gasteiger partial charge in [0.2, 0.25) is 11.8 Å². The van der Waals surface area contributed by atoms with Crippen LogP contribution in [0.4, 0.5) is 0 Å². The Kier molecular flexibility index (Phi) is 6.12. The number of hydrogen-bond acceptors (Lipinski definition) is 3. The molecule has 0 aromatic carbocycles. The lowest BCUT2D eigenvalue weighted by atomic mass is 10.0. The summed E-state index contributed by atoms with van der Waals surface area (Å²) in [6.45, 7) is 5.64. The van der Waals surface area contributed by atoms with Gasteiger partial charge in [0.1, 0.15) is 6.04 Å². The van der Waals surface area contributed by atoms with Crippen molar-refractivity contribution in [3.05, 3.63) is 0 Å². The van der Waals surface area contributed by atoms with Gasteiger partial charge in [-0.05, 0) is 25.2 Å². The maximum absolute atomic E-state index is 12.2. The van der Waals surface area contributed by atoms with Crippen LogP contribution in [0.25, 0.3) is 0 Å². The van der Waals surface area contributed by atoms with Gasteiger partial charge in [-0.2, -0.15) is 0 Å². The molecule has 1 heterocycles. The molecule has 1 atom stereocenters. The van der Waals surface area contributed by atoms with Crippen molar-refractivity contribution in [1.82, 2.24) is 10.2 Å². The Hall–Kier alpha value is -1.10. The van der Waals surface area contributed by atoms with E-state index in [2.05, 4.69) is 19.2 Å². The molecule has 18 heavy (non-hydrogen) atoms. The highest BCUT2D eigenvalue weighted by Crippen LogP contribution is 2.12. The Morgan fingerprint density at radius 1 is 1.39 bits per heavy atom. The minimum atomic E-state index is -0.339. The number of carbonyl (C=O) groups excluding carboxylic acids is 2. The number of amides is 2. The van der Waals surface area contributed by atoms with Gasteiger partial charge in [0.15, 0.2) is 0 Å². The SMILES string of the molecule is COCCCCN1CC(=O)NC(CC(C)C)C1=O. The van der Waals surface area contributed by atoms with Crippen molar-refractivity contribution in [3.63, 3.8) is 0 Å². The number of carbonyl (C=O) groups is 2. The van der Waals surface area contributed by atoms with Crippen LogP contribution in [0.15, 0.2) is 0 Å². The first kappa shape index (κ1) is 15.0. The minimum absolute atomic E-state index is 0.0491. The molecule has 1 saturated heterocycles. The molecule has 5 heteroatoms. The molecule has 0 aromatic heterocycles. The molecular weight excluding hydrogens is 232 g/mol. The second-order valence-electron chi connectivity index (χ2n) is 5.21. The second kappa shape index (κ2) is 7.36. The predicted molar refractivity (Wildman–Crippen MR) is 69.1 cm³/mol. The predicted octanol–water partition coefficient (Wildman–Crippen LogP) is 0.786. The minimum Gasteiger partial charge on any atom is -0.385 e. The van der Waals surface area contributed by atoms with Gasteiger partial charge < -0.3 is 15.0 Å². The van der Waals surface area contributed by atoms with Crippen LogP contribution < -0.4 is 5.32 Å². The van der Waals surface area contributed by atoms with Crippen molar-refractivity contribution < 1.29 is 14.3 Å². The summed E-state index contributed by atoms with van der Waals surface area (Å²) in [7, 11) is 1.66. The lowest BCUT2D eigenvalue weighted by molar-refractivity contribution is -0.144. The van der Waals surface area contributed by atoms with Gasteiger partial charge in [0.05, 0.1) is 6.54 Å². The quantitative estimate of drug-likeness (QED) is 0.685. The molecule has 1 aliphatic rings. The van der Waals surface area contributed by atoms with Crippen molar-refractivity contribution in [2.75, 3.05) is 26.8 Å². The fraction of sp³-hybridized carbons (Fsp3) is 0.846. The van der Waals surface area contributed by atoms with Gasteiger partial charge in [0.25, 0.3) is 0 Å². The van der Waals surface area contributed by atoms with E-state index < -0.39 is 0 Å². The van der Waals surface area contributed by atoms with E-state index in [4.69, 9.17) is 4.74 Å². The summed E-state index contributed by atoms with van der Waals surface area (Å²) in [6, 6.07) is -0.339. The summed E-state index contributed by atoms with van der Waals surface area (Å²) in [6.07, 6.45) is 2.50. The average molecular weight is 256 g/mol. The first-order valence-electron chi connectivity index (χ1n) is 6.61. The monoisotopic (exact) mass is 256 g/mol. The zero-order valence-corrected chi connectivity index (χ0v) is 11.6. The average Bonchev–Trinajstić information content (AvgIpc) is 2.29. The third-order valence-electron chi connectivity index (χ3n) is 3.01. The zero-order valence-electron chi connectivity index (χ0n) is 11.6. The van der Waals surface area contributed by atoms with E-state index in [9.17, 15) is 9.59 Å². The van der Waals surface area contributed by atoms with Gasteiger partial charge in [-0.1, -0.05) is 13.8 Å². The highest BCUT2D eigenvalue weighted by atomic mass is 16.5. The van der Waals surface area contributed by atoms with Gasteiger partial charge in [0, 0.05) is 20.3 Å². The number of nitrogens with zero attached hydrogens (tertiary/aromatic N) is 1. The third kappa shape index (κ3) is 4.64. The number of ether oxygens (including phenoxy) is 1. The molecule has 0 aliphatic carbocycles. The van der Waals surface area contributed by atoms with Gasteiger partial charge >= 0.3 is 0 Å². The summed E-state index contributed by atoms with van der Waals surface area (Å²) < 4.78 is 4.97. The highest BCUT2D eigenvalue weighted by molar-refractivity contribution is 5.94. The molecule has 0 radical (unpaired) electrons. The molecule has 1 N–H and O–H groups in total. The van der Waals surface area contributed by atoms with Crippen LogP contribution in [-0.2, 0) is 14.3 Å². The molecule has 1 aliphatic heterocycles. The first-order valence-corrected chi connectivity index (χ1v) is 6.61. The van der Waals surface area contributed by atoms with E-state index in [0.29, 0.717) is 25.5 Å². The molecule has 0 bridgehead atoms. The largest absolute Gasteiger partial charge is 0.385 e. The van der Waals surface area contributed by atoms with E-state index in [1.54, 1.807) is 12.0 Å². The maximum Gasteiger partial charge on any atom is 0.245 e. The third-order valence-corrected chi connectivity index (χ3v) is 3.01. The molecular formula is C13H24N2O3. The summed E-state index contributed by atoms with van der Waals surface area (Å²) in [5.41, 5.74) is 0. The van der Waals surface area contributed by atoms with Crippen molar-refractivity contribution in [1.29, 1.82) is 0 Å². The topological polar surface area (TPSA) is 58.6 Å². The Morgan fingerprint density at radius 3 is 2.72 bits per heavy atom. The fourth-order valence-corrected chi connectivity index (χ4v) is 2.14. The van der Waals surface area contributed by atoms with E-state index in [-0.39, 0.29) is 24.4 Å². The van der Waals surface area contributed by atoms with Crippen molar-refractivity contribution in [2.24, 2.45) is 5.92 Å². The Labute approximate surface area is 109 Å². The van der Waals surface area contributed by atoms with Gasteiger partial charge in [-0.25, -0.2) is 0 Å². The van der Waals surface area contributed by atoms with Crippen LogP contribution >= 0.6 is 0 Å². The lowest BCUT2D eigenvalue weighted by Gasteiger charge is -2.33. The molecule has 1 fully saturated rings. The molecule has 2 amide bonds. The number of nitrogens with one attached hydrogen (secondary N) is 1. The summed E-state index contributed by atoms with van der Waals surface area (Å²) in [5, 5.41) is 2.77. The van der Waals surface area contributed by atoms with Crippen molar-refractivity contribution in [3.8, 4) is 0 Å². The maximum atomic E-state index is 12.2. The Morgan fingerprint density at radius 2 is 2.11 bits per heavy atom. The van der Waals surface area contributed by atoms with E-state index in [1.807, 2.05) is 0 Å². The standard InChI is InChI=1S/C13H24N2O3/c1-10(2)8-11-13(17)15(9-12(16)14-11)6-4-5-7-18-3/h10-11H,4-9H2,1-3H3,(H,14,16). The lowest BCUT2D eigenvalue weighted by Crippen LogP contribution is -2.58. The molecule has 5 nitrogen and oxygen atoms in total. The molecule has 0 saturated carbocycles. The van der Waals surface area contributed by atoms with Gasteiger partial charge in [-0.3, -0.25) is 9.59 Å². The fourth-order valence-electron chi connectivity index (χ4n) is 2.14. The van der Waals surface area contributed by atoms with E-state index in [1.165, 1.54) is 0 Å². The molecule has 0 spiro atoms. The van der Waals surface area contributed by atoms with Crippen LogP contribution in [0, 0.1) is 5.92 Å². The molecule has 104 valence electrons. The summed E-state index contributed by atoms with van der Waals surface area (Å²) in [5.74, 6) is 0.403. The van der Waals surface area contributed by atoms with E-state index in [0.717, 1.165) is 12.8 Å². The zero-order chi connectivity index (χ0) is 13.5. The number of rotatable bonds is 7. The number of methoxy groups -OCH3 is 1. The number of hydrogen-bond donors (Lipinski definition) is 1. The number of unbranched alkanes of at least 4 members (excludes halogenated alkanes) is 1. The number of piperazine rings is 1. The van der Waals surface area contributed by atoms with Crippen LogP contribution in [-0.4, -0.2) is 49.6 Å². The Balaban J connectivity index is 2.45. The molecule has 0 aromatic rings. The smallest absolute Gasteiger partial charge is 0.245 e. The van der Waals surface area contributed by atoms with Crippen LogP contribution in [0.3, 0.4) is 0 Å². The van der Waals surface area contributed by atoms with E-state index >= 15 is 0 Å². The summed E-state index contributed by atoms with van der Waals surface area (Å²) >= 11 is 0. The second-order valence-corrected chi connectivity index (χ2v) is 5.21. The van der Waals surface area contributed by atoms with Crippen LogP contribution in [0.5, 0.6) is 0 Å². The van der Waals surface area contributed by atoms with Crippen molar-refractivity contribution >= 4 is 11.8 Å².